The minimum Gasteiger partial charge on any atom is -0.497 e. The average Bonchev–Trinajstić information content (AvgIpc) is 3.53. The van der Waals surface area contributed by atoms with Crippen molar-refractivity contribution in [1.82, 2.24) is 20.4 Å². The van der Waals surface area contributed by atoms with Gasteiger partial charge in [0.05, 0.1) is 20.2 Å². The number of amides is 1. The molecule has 8 nitrogen and oxygen atoms in total. The number of hydrogen-bond donors (Lipinski definition) is 2. The van der Waals surface area contributed by atoms with E-state index in [1.807, 2.05) is 31.2 Å². The maximum atomic E-state index is 12.0. The molecule has 1 aliphatic heterocycles. The molecule has 3 rings (SSSR count). The largest absolute Gasteiger partial charge is 0.497 e. The number of nitrogens with one attached hydrogen (secondary N) is 2. The van der Waals surface area contributed by atoms with Gasteiger partial charge in [0.25, 0.3) is 0 Å². The molecular weight excluding hydrogens is 370 g/mol. The van der Waals surface area contributed by atoms with Gasteiger partial charge in [-0.3, -0.25) is 14.7 Å². The lowest BCUT2D eigenvalue weighted by Gasteiger charge is -2.36. The summed E-state index contributed by atoms with van der Waals surface area (Å²) >= 11 is 0. The summed E-state index contributed by atoms with van der Waals surface area (Å²) in [5.41, 5.74) is 0. The van der Waals surface area contributed by atoms with Crippen molar-refractivity contribution >= 4 is 11.9 Å². The van der Waals surface area contributed by atoms with Crippen LogP contribution in [-0.4, -0.2) is 87.2 Å². The van der Waals surface area contributed by atoms with E-state index in [0.29, 0.717) is 19.1 Å². The van der Waals surface area contributed by atoms with Crippen molar-refractivity contribution in [3.63, 3.8) is 0 Å². The first-order valence-corrected chi connectivity index (χ1v) is 10.4. The number of benzene rings is 1. The molecule has 0 aromatic heterocycles. The van der Waals surface area contributed by atoms with Crippen molar-refractivity contribution in [3.05, 3.63) is 24.3 Å². The van der Waals surface area contributed by atoms with Crippen molar-refractivity contribution in [2.24, 2.45) is 4.99 Å². The second-order valence-electron chi connectivity index (χ2n) is 7.64. The molecule has 1 aromatic rings. The predicted molar refractivity (Wildman–Crippen MR) is 114 cm³/mol. The number of ether oxygens (including phenoxy) is 2. The molecule has 1 unspecified atom stereocenters. The van der Waals surface area contributed by atoms with E-state index in [1.165, 1.54) is 0 Å². The summed E-state index contributed by atoms with van der Waals surface area (Å²) in [5.74, 6) is 2.58. The molecule has 1 amide bonds. The lowest BCUT2D eigenvalue weighted by Crippen LogP contribution is -2.54. The zero-order valence-corrected chi connectivity index (χ0v) is 17.7. The first kappa shape index (κ1) is 21.2. The smallest absolute Gasteiger partial charge is 0.234 e. The van der Waals surface area contributed by atoms with Crippen LogP contribution in [0.4, 0.5) is 0 Å². The Kier molecular flexibility index (Phi) is 7.57. The highest BCUT2D eigenvalue weighted by molar-refractivity contribution is 5.80. The fourth-order valence-corrected chi connectivity index (χ4v) is 3.34. The fourth-order valence-electron chi connectivity index (χ4n) is 3.34. The first-order valence-electron chi connectivity index (χ1n) is 10.4. The Labute approximate surface area is 173 Å². The zero-order valence-electron chi connectivity index (χ0n) is 17.7. The quantitative estimate of drug-likeness (QED) is 0.497. The Balaban J connectivity index is 1.39. The molecule has 2 aliphatic rings. The molecule has 8 heteroatoms. The van der Waals surface area contributed by atoms with Crippen LogP contribution in [0, 0.1) is 0 Å². The van der Waals surface area contributed by atoms with E-state index in [2.05, 4.69) is 25.4 Å². The number of guanidine groups is 1. The van der Waals surface area contributed by atoms with Crippen molar-refractivity contribution in [2.75, 3.05) is 53.4 Å². The summed E-state index contributed by atoms with van der Waals surface area (Å²) in [7, 11) is 3.44. The molecule has 1 heterocycles. The predicted octanol–water partition coefficient (Wildman–Crippen LogP) is 0.934. The highest BCUT2D eigenvalue weighted by atomic mass is 16.5. The third-order valence-corrected chi connectivity index (χ3v) is 5.12. The molecule has 1 aliphatic carbocycles. The van der Waals surface area contributed by atoms with Gasteiger partial charge < -0.3 is 25.0 Å². The van der Waals surface area contributed by atoms with E-state index in [9.17, 15) is 4.79 Å². The first-order chi connectivity index (χ1) is 14.1. The van der Waals surface area contributed by atoms with Crippen LogP contribution in [0.5, 0.6) is 11.5 Å². The molecular formula is C21H33N5O3. The number of carbonyl (C=O) groups excluding carboxylic acids is 1. The minimum atomic E-state index is -0.0220. The third kappa shape index (κ3) is 6.81. The maximum absolute atomic E-state index is 12.0. The summed E-state index contributed by atoms with van der Waals surface area (Å²) in [6, 6.07) is 8.04. The van der Waals surface area contributed by atoms with E-state index < -0.39 is 0 Å². The summed E-state index contributed by atoms with van der Waals surface area (Å²) in [6.07, 6.45) is 2.23. The highest BCUT2D eigenvalue weighted by Crippen LogP contribution is 2.20. The van der Waals surface area contributed by atoms with Crippen LogP contribution < -0.4 is 20.1 Å². The fraction of sp³-hybridized carbons (Fsp3) is 0.619. The number of piperazine rings is 1. The van der Waals surface area contributed by atoms with Gasteiger partial charge in [-0.1, -0.05) is 6.07 Å². The van der Waals surface area contributed by atoms with Crippen LogP contribution in [0.15, 0.2) is 29.3 Å². The van der Waals surface area contributed by atoms with E-state index in [-0.39, 0.29) is 12.0 Å². The van der Waals surface area contributed by atoms with Gasteiger partial charge in [0.1, 0.15) is 17.6 Å². The number of methoxy groups -OCH3 is 1. The van der Waals surface area contributed by atoms with Crippen LogP contribution in [0.25, 0.3) is 0 Å². The Morgan fingerprint density at radius 1 is 1.24 bits per heavy atom. The second-order valence-corrected chi connectivity index (χ2v) is 7.64. The van der Waals surface area contributed by atoms with Crippen molar-refractivity contribution < 1.29 is 14.3 Å². The normalized spacial score (nSPS) is 18.9. The Morgan fingerprint density at radius 3 is 2.62 bits per heavy atom. The van der Waals surface area contributed by atoms with E-state index in [1.54, 1.807) is 14.2 Å². The third-order valence-electron chi connectivity index (χ3n) is 5.12. The summed E-state index contributed by atoms with van der Waals surface area (Å²) in [5, 5.41) is 6.45. The molecule has 2 fully saturated rings. The molecule has 1 saturated heterocycles. The zero-order chi connectivity index (χ0) is 20.6. The molecule has 0 radical (unpaired) electrons. The Bertz CT molecular complexity index is 699. The van der Waals surface area contributed by atoms with E-state index in [4.69, 9.17) is 9.47 Å². The van der Waals surface area contributed by atoms with Crippen LogP contribution in [-0.2, 0) is 4.79 Å². The van der Waals surface area contributed by atoms with Crippen LogP contribution in [0.2, 0.25) is 0 Å². The number of carbonyl (C=O) groups is 1. The van der Waals surface area contributed by atoms with Crippen LogP contribution in [0.1, 0.15) is 19.8 Å². The molecule has 29 heavy (non-hydrogen) atoms. The Hall–Kier alpha value is -2.48. The molecule has 160 valence electrons. The van der Waals surface area contributed by atoms with E-state index >= 15 is 0 Å². The van der Waals surface area contributed by atoms with Gasteiger partial charge in [-0.05, 0) is 31.9 Å². The van der Waals surface area contributed by atoms with Gasteiger partial charge in [0.2, 0.25) is 5.91 Å². The summed E-state index contributed by atoms with van der Waals surface area (Å²) in [4.78, 5) is 20.8. The molecule has 1 saturated carbocycles. The monoisotopic (exact) mass is 403 g/mol. The minimum absolute atomic E-state index is 0.0220. The van der Waals surface area contributed by atoms with Crippen molar-refractivity contribution in [1.29, 1.82) is 0 Å². The van der Waals surface area contributed by atoms with E-state index in [0.717, 1.165) is 56.5 Å². The molecule has 1 atom stereocenters. The standard InChI is InChI=1S/C21H33N5O3/c1-16(29-19-6-4-5-18(13-19)28-3)14-23-21(22-2)26-11-9-25(10-12-26)15-20(27)24-17-7-8-17/h4-6,13,16-17H,7-12,14-15H2,1-3H3,(H,22,23)(H,24,27). The van der Waals surface area contributed by atoms with Crippen LogP contribution in [0.3, 0.4) is 0 Å². The number of aliphatic imine (C=N–C) groups is 1. The van der Waals surface area contributed by atoms with Crippen LogP contribution >= 0.6 is 0 Å². The summed E-state index contributed by atoms with van der Waals surface area (Å²) < 4.78 is 11.2. The van der Waals surface area contributed by atoms with Gasteiger partial charge in [0.15, 0.2) is 5.96 Å². The van der Waals surface area contributed by atoms with Crippen molar-refractivity contribution in [3.8, 4) is 11.5 Å². The number of rotatable bonds is 8. The lowest BCUT2D eigenvalue weighted by molar-refractivity contribution is -0.122. The van der Waals surface area contributed by atoms with Gasteiger partial charge >= 0.3 is 0 Å². The molecule has 0 spiro atoms. The highest BCUT2D eigenvalue weighted by Gasteiger charge is 2.26. The van der Waals surface area contributed by atoms with Crippen molar-refractivity contribution in [2.45, 2.75) is 31.9 Å². The molecule has 0 bridgehead atoms. The topological polar surface area (TPSA) is 78.4 Å². The lowest BCUT2D eigenvalue weighted by atomic mass is 10.3. The van der Waals surface area contributed by atoms with Gasteiger partial charge in [-0.25, -0.2) is 0 Å². The second kappa shape index (κ2) is 10.3. The van der Waals surface area contributed by atoms with Gasteiger partial charge in [-0.2, -0.15) is 0 Å². The van der Waals surface area contributed by atoms with Gasteiger partial charge in [0, 0.05) is 45.3 Å². The number of nitrogens with zero attached hydrogens (tertiary/aromatic N) is 3. The maximum Gasteiger partial charge on any atom is 0.234 e. The molecule has 1 aromatic carbocycles. The Morgan fingerprint density at radius 2 is 1.97 bits per heavy atom. The average molecular weight is 404 g/mol. The summed E-state index contributed by atoms with van der Waals surface area (Å²) in [6.45, 7) is 6.57. The SMILES string of the molecule is CN=C(NCC(C)Oc1cccc(OC)c1)N1CCN(CC(=O)NC2CC2)CC1. The number of hydrogen-bond acceptors (Lipinski definition) is 5. The molecule has 2 N–H and O–H groups in total. The van der Waals surface area contributed by atoms with Gasteiger partial charge in [-0.15, -0.1) is 0 Å².